The van der Waals surface area contributed by atoms with Gasteiger partial charge in [0.2, 0.25) is 5.91 Å². The van der Waals surface area contributed by atoms with E-state index in [1.807, 2.05) is 13.8 Å². The van der Waals surface area contributed by atoms with Crippen molar-refractivity contribution in [1.29, 1.82) is 0 Å². The number of hydrogen-bond acceptors (Lipinski definition) is 4. The van der Waals surface area contributed by atoms with Crippen molar-refractivity contribution in [1.82, 2.24) is 10.2 Å². The van der Waals surface area contributed by atoms with Crippen molar-refractivity contribution in [3.05, 3.63) is 0 Å². The number of esters is 1. The van der Waals surface area contributed by atoms with Gasteiger partial charge < -0.3 is 9.64 Å². The van der Waals surface area contributed by atoms with Crippen LogP contribution in [0.25, 0.3) is 0 Å². The molecule has 5 nitrogen and oxygen atoms in total. The first kappa shape index (κ1) is 14.9. The Bertz CT molecular complexity index is 239. The van der Waals surface area contributed by atoms with Gasteiger partial charge in [0.1, 0.15) is 6.04 Å². The fourth-order valence-corrected chi connectivity index (χ4v) is 1.50. The van der Waals surface area contributed by atoms with Gasteiger partial charge in [-0.1, -0.05) is 0 Å². The van der Waals surface area contributed by atoms with Gasteiger partial charge in [-0.15, -0.1) is 0 Å². The Morgan fingerprint density at radius 2 is 1.69 bits per heavy atom. The van der Waals surface area contributed by atoms with E-state index in [0.717, 1.165) is 0 Å². The minimum Gasteiger partial charge on any atom is -0.468 e. The summed E-state index contributed by atoms with van der Waals surface area (Å²) in [5, 5.41) is 2.91. The van der Waals surface area contributed by atoms with Crippen molar-refractivity contribution in [2.75, 3.05) is 20.2 Å². The molecule has 0 rings (SSSR count). The Balaban J connectivity index is 4.29. The van der Waals surface area contributed by atoms with E-state index in [4.69, 9.17) is 0 Å². The number of hydrogen-bond donors (Lipinski definition) is 1. The van der Waals surface area contributed by atoms with Gasteiger partial charge >= 0.3 is 5.97 Å². The smallest absolute Gasteiger partial charge is 0.322 e. The summed E-state index contributed by atoms with van der Waals surface area (Å²) in [6, 6.07) is -0.853. The van der Waals surface area contributed by atoms with Crippen LogP contribution in [-0.2, 0) is 14.3 Å². The molecule has 0 radical (unpaired) electrons. The molecule has 0 bridgehead atoms. The van der Waals surface area contributed by atoms with Gasteiger partial charge in [0.25, 0.3) is 0 Å². The van der Waals surface area contributed by atoms with Gasteiger partial charge in [-0.3, -0.25) is 14.9 Å². The van der Waals surface area contributed by atoms with E-state index < -0.39 is 6.04 Å². The second-order valence-corrected chi connectivity index (χ2v) is 3.64. The molecule has 1 N–H and O–H groups in total. The summed E-state index contributed by atoms with van der Waals surface area (Å²) in [5.74, 6) is -0.361. The van der Waals surface area contributed by atoms with Crippen molar-refractivity contribution in [2.45, 2.75) is 39.8 Å². The molecule has 16 heavy (non-hydrogen) atoms. The van der Waals surface area contributed by atoms with Crippen LogP contribution in [0.4, 0.5) is 0 Å². The number of carbonyl (C=O) groups excluding carboxylic acids is 2. The molecule has 0 heterocycles. The number of nitrogens with zero attached hydrogens (tertiary/aromatic N) is 1. The molecule has 0 saturated carbocycles. The molecule has 0 aromatic rings. The molecule has 1 amide bonds. The molecule has 2 atom stereocenters. The number of methoxy groups -OCH3 is 1. The maximum Gasteiger partial charge on any atom is 0.322 e. The van der Waals surface area contributed by atoms with Crippen molar-refractivity contribution < 1.29 is 14.3 Å². The number of likely N-dealkylation sites (N-methyl/N-ethyl adjacent to an activating group) is 1. The van der Waals surface area contributed by atoms with Gasteiger partial charge in [-0.2, -0.15) is 0 Å². The van der Waals surface area contributed by atoms with Gasteiger partial charge in [0.15, 0.2) is 0 Å². The largest absolute Gasteiger partial charge is 0.468 e. The molecule has 94 valence electrons. The lowest BCUT2D eigenvalue weighted by molar-refractivity contribution is -0.143. The van der Waals surface area contributed by atoms with Crippen LogP contribution < -0.4 is 5.32 Å². The second kappa shape index (κ2) is 7.22. The summed E-state index contributed by atoms with van der Waals surface area (Å²) in [6.45, 7) is 8.63. The minimum absolute atomic E-state index is 0.000697. The fraction of sp³-hybridized carbons (Fsp3) is 0.818. The third-order valence-corrected chi connectivity index (χ3v) is 2.50. The topological polar surface area (TPSA) is 58.6 Å². The Hall–Kier alpha value is -1.10. The van der Waals surface area contributed by atoms with Gasteiger partial charge in [0, 0.05) is 13.1 Å². The van der Waals surface area contributed by atoms with E-state index in [-0.39, 0.29) is 17.9 Å². The predicted octanol–water partition coefficient (Wildman–Crippen LogP) is 0.394. The first-order chi connectivity index (χ1) is 7.47. The number of nitrogens with one attached hydrogen (secondary N) is 1. The molecule has 2 unspecified atom stereocenters. The van der Waals surface area contributed by atoms with Gasteiger partial charge in [-0.25, -0.2) is 0 Å². The Morgan fingerprint density at radius 3 is 2.06 bits per heavy atom. The van der Waals surface area contributed by atoms with Crippen molar-refractivity contribution in [2.24, 2.45) is 0 Å². The van der Waals surface area contributed by atoms with E-state index in [2.05, 4.69) is 10.1 Å². The number of amides is 1. The molecule has 0 fully saturated rings. The van der Waals surface area contributed by atoms with E-state index in [1.54, 1.807) is 18.7 Å². The second-order valence-electron chi connectivity index (χ2n) is 3.64. The summed E-state index contributed by atoms with van der Waals surface area (Å²) in [4.78, 5) is 24.8. The van der Waals surface area contributed by atoms with Crippen LogP contribution in [-0.4, -0.2) is 49.1 Å². The SMILES string of the molecule is CCN(CC)C(=O)C(C)NC(C)C(=O)OC. The zero-order valence-electron chi connectivity index (χ0n) is 10.7. The van der Waals surface area contributed by atoms with E-state index >= 15 is 0 Å². The highest BCUT2D eigenvalue weighted by atomic mass is 16.5. The average molecular weight is 230 g/mol. The lowest BCUT2D eigenvalue weighted by Gasteiger charge is -2.25. The normalized spacial score (nSPS) is 14.1. The molecule has 0 saturated heterocycles. The molecule has 0 aromatic heterocycles. The molecule has 0 aliphatic rings. The van der Waals surface area contributed by atoms with E-state index in [1.165, 1.54) is 7.11 Å². The molecule has 5 heteroatoms. The highest BCUT2D eigenvalue weighted by molar-refractivity contribution is 5.83. The third-order valence-electron chi connectivity index (χ3n) is 2.50. The highest BCUT2D eigenvalue weighted by Gasteiger charge is 2.22. The number of rotatable bonds is 6. The van der Waals surface area contributed by atoms with Crippen LogP contribution >= 0.6 is 0 Å². The molecular weight excluding hydrogens is 208 g/mol. The molecular formula is C11H22N2O3. The lowest BCUT2D eigenvalue weighted by atomic mass is 10.2. The van der Waals surface area contributed by atoms with Gasteiger partial charge in [-0.05, 0) is 27.7 Å². The van der Waals surface area contributed by atoms with Crippen molar-refractivity contribution in [3.63, 3.8) is 0 Å². The maximum absolute atomic E-state index is 11.9. The lowest BCUT2D eigenvalue weighted by Crippen LogP contribution is -2.49. The van der Waals surface area contributed by atoms with Crippen LogP contribution in [0.2, 0.25) is 0 Å². The van der Waals surface area contributed by atoms with E-state index in [0.29, 0.717) is 13.1 Å². The summed E-state index contributed by atoms with van der Waals surface area (Å²) >= 11 is 0. The first-order valence-electron chi connectivity index (χ1n) is 5.60. The molecule has 0 aliphatic heterocycles. The standard InChI is InChI=1S/C11H22N2O3/c1-6-13(7-2)10(14)8(3)12-9(4)11(15)16-5/h8-9,12H,6-7H2,1-5H3. The van der Waals surface area contributed by atoms with Crippen LogP contribution in [0.3, 0.4) is 0 Å². The number of carbonyl (C=O) groups is 2. The quantitative estimate of drug-likeness (QED) is 0.671. The number of ether oxygens (including phenoxy) is 1. The van der Waals surface area contributed by atoms with E-state index in [9.17, 15) is 9.59 Å². The molecule has 0 spiro atoms. The molecule has 0 aliphatic carbocycles. The Labute approximate surface area is 97.1 Å². The maximum atomic E-state index is 11.9. The average Bonchev–Trinajstić information content (AvgIpc) is 2.29. The Morgan fingerprint density at radius 1 is 1.19 bits per heavy atom. The Kier molecular flexibility index (Phi) is 6.72. The van der Waals surface area contributed by atoms with Crippen LogP contribution in [0, 0.1) is 0 Å². The third kappa shape index (κ3) is 4.18. The van der Waals surface area contributed by atoms with Crippen LogP contribution in [0.15, 0.2) is 0 Å². The minimum atomic E-state index is -0.473. The zero-order valence-corrected chi connectivity index (χ0v) is 10.7. The fourth-order valence-electron chi connectivity index (χ4n) is 1.50. The van der Waals surface area contributed by atoms with Gasteiger partial charge in [0.05, 0.1) is 13.2 Å². The monoisotopic (exact) mass is 230 g/mol. The summed E-state index contributed by atoms with van der Waals surface area (Å²) in [7, 11) is 1.33. The first-order valence-corrected chi connectivity index (χ1v) is 5.60. The predicted molar refractivity (Wildman–Crippen MR) is 62.0 cm³/mol. The highest BCUT2D eigenvalue weighted by Crippen LogP contribution is 1.97. The summed E-state index contributed by atoms with van der Waals surface area (Å²) in [5.41, 5.74) is 0. The van der Waals surface area contributed by atoms with Crippen molar-refractivity contribution in [3.8, 4) is 0 Å². The summed E-state index contributed by atoms with van der Waals surface area (Å²) in [6.07, 6.45) is 0. The van der Waals surface area contributed by atoms with Crippen molar-refractivity contribution >= 4 is 11.9 Å². The summed E-state index contributed by atoms with van der Waals surface area (Å²) < 4.78 is 4.58. The van der Waals surface area contributed by atoms with Crippen LogP contribution in [0.5, 0.6) is 0 Å². The zero-order chi connectivity index (χ0) is 12.7. The molecule has 0 aromatic carbocycles. The van der Waals surface area contributed by atoms with Crippen LogP contribution in [0.1, 0.15) is 27.7 Å².